The summed E-state index contributed by atoms with van der Waals surface area (Å²) >= 11 is 0. The fraction of sp³-hybridized carbons (Fsp3) is 0.179. The van der Waals surface area contributed by atoms with Crippen LogP contribution in [0.5, 0.6) is 0 Å². The first-order chi connectivity index (χ1) is 15.6. The number of Topliss-reactive ketones (excluding diaryl/α,β-unsaturated/α-hetero) is 1. The second-order valence-electron chi connectivity index (χ2n) is 8.43. The Morgan fingerprint density at radius 3 is 2.38 bits per heavy atom. The van der Waals surface area contributed by atoms with Gasteiger partial charge in [-0.05, 0) is 24.1 Å². The van der Waals surface area contributed by atoms with E-state index < -0.39 is 23.4 Å². The summed E-state index contributed by atoms with van der Waals surface area (Å²) in [5.74, 6) is -0.689. The molecular weight excluding hydrogens is 394 g/mol. The van der Waals surface area contributed by atoms with Crippen LogP contribution in [0.4, 0.5) is 5.69 Å². The number of benzene rings is 3. The van der Waals surface area contributed by atoms with E-state index >= 15 is 0 Å². The Morgan fingerprint density at radius 1 is 0.938 bits per heavy atom. The summed E-state index contributed by atoms with van der Waals surface area (Å²) in [5.41, 5.74) is 2.88. The molecule has 3 atom stereocenters. The Kier molecular flexibility index (Phi) is 4.65. The summed E-state index contributed by atoms with van der Waals surface area (Å²) in [5, 5.41) is 20.9. The van der Waals surface area contributed by atoms with Crippen LogP contribution >= 0.6 is 0 Å². The van der Waals surface area contributed by atoms with Gasteiger partial charge in [0.25, 0.3) is 0 Å². The lowest BCUT2D eigenvalue weighted by Gasteiger charge is -2.35. The first kappa shape index (κ1) is 19.8. The van der Waals surface area contributed by atoms with Gasteiger partial charge in [-0.1, -0.05) is 90.5 Å². The molecule has 1 fully saturated rings. The fourth-order valence-electron chi connectivity index (χ4n) is 5.24. The number of rotatable bonds is 3. The SMILES string of the molecule is Cc1cccc([C@H]2[C@@H](C(=O)c3ccccc3)N3c4ccccc4C=C[C@@H]3C2(C#N)C#N)c1. The van der Waals surface area contributed by atoms with Crippen LogP contribution in [0.25, 0.3) is 6.08 Å². The van der Waals surface area contributed by atoms with Crippen LogP contribution in [0.2, 0.25) is 0 Å². The maximum Gasteiger partial charge on any atom is 0.185 e. The summed E-state index contributed by atoms with van der Waals surface area (Å²) < 4.78 is 0. The zero-order valence-electron chi connectivity index (χ0n) is 17.6. The number of anilines is 1. The largest absolute Gasteiger partial charge is 0.351 e. The highest BCUT2D eigenvalue weighted by Crippen LogP contribution is 2.55. The van der Waals surface area contributed by atoms with Gasteiger partial charge >= 0.3 is 0 Å². The molecule has 4 nitrogen and oxygen atoms in total. The fourth-order valence-corrected chi connectivity index (χ4v) is 5.24. The van der Waals surface area contributed by atoms with Crippen LogP contribution in [0.3, 0.4) is 0 Å². The number of carbonyl (C=O) groups is 1. The molecule has 32 heavy (non-hydrogen) atoms. The van der Waals surface area contributed by atoms with Gasteiger partial charge < -0.3 is 4.90 Å². The van der Waals surface area contributed by atoms with Crippen molar-refractivity contribution >= 4 is 17.5 Å². The molecule has 3 aromatic carbocycles. The highest BCUT2D eigenvalue weighted by molar-refractivity contribution is 6.04. The molecule has 0 aliphatic carbocycles. The summed E-state index contributed by atoms with van der Waals surface area (Å²) in [6, 6.07) is 28.3. The van der Waals surface area contributed by atoms with Crippen molar-refractivity contribution in [2.24, 2.45) is 5.41 Å². The van der Waals surface area contributed by atoms with Gasteiger partial charge in [0.2, 0.25) is 0 Å². The van der Waals surface area contributed by atoms with E-state index in [9.17, 15) is 15.3 Å². The van der Waals surface area contributed by atoms with Crippen molar-refractivity contribution < 1.29 is 4.79 Å². The third-order valence-electron chi connectivity index (χ3n) is 6.64. The van der Waals surface area contributed by atoms with Crippen molar-refractivity contribution in [2.75, 3.05) is 4.90 Å². The molecule has 0 spiro atoms. The summed E-state index contributed by atoms with van der Waals surface area (Å²) in [7, 11) is 0. The number of para-hydroxylation sites is 1. The van der Waals surface area contributed by atoms with Gasteiger partial charge in [0.05, 0.1) is 18.2 Å². The monoisotopic (exact) mass is 415 g/mol. The van der Waals surface area contributed by atoms with Crippen molar-refractivity contribution in [1.29, 1.82) is 10.5 Å². The first-order valence-electron chi connectivity index (χ1n) is 10.6. The average molecular weight is 415 g/mol. The maximum absolute atomic E-state index is 14.0. The highest BCUT2D eigenvalue weighted by atomic mass is 16.1. The van der Waals surface area contributed by atoms with Crippen LogP contribution in [-0.4, -0.2) is 17.9 Å². The summed E-state index contributed by atoms with van der Waals surface area (Å²) in [4.78, 5) is 16.0. The smallest absolute Gasteiger partial charge is 0.185 e. The number of hydrogen-bond donors (Lipinski definition) is 0. The number of aryl methyl sites for hydroxylation is 1. The van der Waals surface area contributed by atoms with Crippen LogP contribution < -0.4 is 4.90 Å². The molecule has 0 radical (unpaired) electrons. The lowest BCUT2D eigenvalue weighted by Crippen LogP contribution is -2.44. The molecule has 0 N–H and O–H groups in total. The molecule has 0 bridgehead atoms. The quantitative estimate of drug-likeness (QED) is 0.546. The van der Waals surface area contributed by atoms with Gasteiger partial charge in [-0.25, -0.2) is 0 Å². The zero-order chi connectivity index (χ0) is 22.3. The Bertz CT molecular complexity index is 1300. The molecule has 0 amide bonds. The lowest BCUT2D eigenvalue weighted by atomic mass is 9.69. The van der Waals surface area contributed by atoms with E-state index in [0.717, 1.165) is 22.4 Å². The van der Waals surface area contributed by atoms with E-state index in [0.29, 0.717) is 5.56 Å². The predicted octanol–water partition coefficient (Wildman–Crippen LogP) is 5.28. The minimum absolute atomic E-state index is 0.0837. The minimum atomic E-state index is -1.41. The average Bonchev–Trinajstić information content (AvgIpc) is 3.15. The van der Waals surface area contributed by atoms with Gasteiger partial charge in [-0.15, -0.1) is 0 Å². The van der Waals surface area contributed by atoms with Gasteiger partial charge in [0, 0.05) is 17.2 Å². The molecule has 0 aromatic heterocycles. The van der Waals surface area contributed by atoms with Gasteiger partial charge in [-0.2, -0.15) is 10.5 Å². The standard InChI is InChI=1S/C28H21N3O/c1-19-8-7-12-22(16-19)25-26(27(32)21-10-3-2-4-11-21)31-23-13-6-5-9-20(23)14-15-24(31)28(25,17-29)18-30/h2-16,24-26H,1H3/t24-,25+,26+/m1/s1. The number of hydrogen-bond acceptors (Lipinski definition) is 4. The normalized spacial score (nSPS) is 22.3. The minimum Gasteiger partial charge on any atom is -0.351 e. The molecule has 3 aromatic rings. The van der Waals surface area contributed by atoms with Crippen molar-refractivity contribution in [1.82, 2.24) is 0 Å². The van der Waals surface area contributed by atoms with Crippen molar-refractivity contribution in [3.63, 3.8) is 0 Å². The summed E-state index contributed by atoms with van der Waals surface area (Å²) in [6.45, 7) is 1.98. The topological polar surface area (TPSA) is 67.9 Å². The molecule has 5 rings (SSSR count). The molecule has 4 heteroatoms. The van der Waals surface area contributed by atoms with Crippen LogP contribution in [0.15, 0.2) is 84.9 Å². The molecular formula is C28H21N3O. The number of ketones is 1. The molecule has 2 aliphatic rings. The zero-order valence-corrected chi connectivity index (χ0v) is 17.6. The third-order valence-corrected chi connectivity index (χ3v) is 6.64. The van der Waals surface area contributed by atoms with Crippen LogP contribution in [0.1, 0.15) is 33.0 Å². The Morgan fingerprint density at radius 2 is 1.66 bits per heavy atom. The molecule has 154 valence electrons. The van der Waals surface area contributed by atoms with Crippen molar-refractivity contribution in [2.45, 2.75) is 24.9 Å². The van der Waals surface area contributed by atoms with E-state index in [4.69, 9.17) is 0 Å². The highest BCUT2D eigenvalue weighted by Gasteiger charge is 2.63. The summed E-state index contributed by atoms with van der Waals surface area (Å²) in [6.07, 6.45) is 3.87. The van der Waals surface area contributed by atoms with E-state index in [1.54, 1.807) is 12.1 Å². The number of fused-ring (bicyclic) bond motifs is 3. The van der Waals surface area contributed by atoms with Crippen molar-refractivity contribution in [3.05, 3.63) is 107 Å². The number of nitrogens with zero attached hydrogens (tertiary/aromatic N) is 3. The van der Waals surface area contributed by atoms with E-state index in [-0.39, 0.29) is 5.78 Å². The van der Waals surface area contributed by atoms with Crippen LogP contribution in [-0.2, 0) is 0 Å². The van der Waals surface area contributed by atoms with E-state index in [1.807, 2.05) is 90.7 Å². The Labute approximate surface area is 187 Å². The Hall–Kier alpha value is -4.15. The molecule has 0 unspecified atom stereocenters. The molecule has 2 aliphatic heterocycles. The first-order valence-corrected chi connectivity index (χ1v) is 10.6. The van der Waals surface area contributed by atoms with Gasteiger partial charge in [-0.3, -0.25) is 4.79 Å². The maximum atomic E-state index is 14.0. The van der Waals surface area contributed by atoms with Crippen molar-refractivity contribution in [3.8, 4) is 12.1 Å². The predicted molar refractivity (Wildman–Crippen MR) is 124 cm³/mol. The van der Waals surface area contributed by atoms with Gasteiger partial charge in [0.15, 0.2) is 11.2 Å². The second-order valence-corrected chi connectivity index (χ2v) is 8.43. The number of carbonyl (C=O) groups excluding carboxylic acids is 1. The molecule has 0 saturated carbocycles. The third kappa shape index (κ3) is 2.77. The van der Waals surface area contributed by atoms with Gasteiger partial charge in [0.1, 0.15) is 6.04 Å². The van der Waals surface area contributed by atoms with Crippen LogP contribution in [0, 0.1) is 35.0 Å². The van der Waals surface area contributed by atoms with E-state index in [1.165, 1.54) is 0 Å². The molecule has 2 heterocycles. The second kappa shape index (κ2) is 7.52. The lowest BCUT2D eigenvalue weighted by molar-refractivity contribution is 0.0951. The molecule has 1 saturated heterocycles. The number of nitriles is 2. The Balaban J connectivity index is 1.80. The van der Waals surface area contributed by atoms with E-state index in [2.05, 4.69) is 12.1 Å².